The molecule has 0 heterocycles. The first-order valence-electron chi connectivity index (χ1n) is 12.8. The first-order valence-corrected chi connectivity index (χ1v) is 15.9. The lowest BCUT2D eigenvalue weighted by Crippen LogP contribution is -2.21. The number of phenols is 4. The predicted molar refractivity (Wildman–Crippen MR) is 165 cm³/mol. The van der Waals surface area contributed by atoms with Crippen molar-refractivity contribution in [3.8, 4) is 46.0 Å². The molecule has 4 rings (SSSR count). The Kier molecular flexibility index (Phi) is 10.0. The molecule has 10 heteroatoms. The second-order valence-electron chi connectivity index (χ2n) is 8.97. The third kappa shape index (κ3) is 6.24. The number of hydrogen-bond acceptors (Lipinski definition) is 8. The van der Waals surface area contributed by atoms with Gasteiger partial charge in [0.05, 0.1) is 28.4 Å². The van der Waals surface area contributed by atoms with Gasteiger partial charge in [-0.3, -0.25) is 0 Å². The Labute approximate surface area is 242 Å². The van der Waals surface area contributed by atoms with Crippen LogP contribution in [-0.4, -0.2) is 61.2 Å². The molecule has 0 aromatic heterocycles. The van der Waals surface area contributed by atoms with Crippen LogP contribution in [0.1, 0.15) is 6.42 Å². The fourth-order valence-corrected chi connectivity index (χ4v) is 10.4. The molecule has 0 amide bonds. The van der Waals surface area contributed by atoms with Crippen LogP contribution >= 0.6 is 15.8 Å². The monoisotopic (exact) mass is 596 g/mol. The quantitative estimate of drug-likeness (QED) is 0.177. The zero-order valence-corrected chi connectivity index (χ0v) is 25.2. The van der Waals surface area contributed by atoms with Crippen LogP contribution in [0.15, 0.2) is 72.8 Å². The number of methoxy groups -OCH3 is 4. The molecule has 4 N–H and O–H groups in total. The van der Waals surface area contributed by atoms with E-state index in [0.717, 1.165) is 21.2 Å². The first-order chi connectivity index (χ1) is 19.9. The molecule has 4 aromatic carbocycles. The molecular weight excluding hydrogens is 562 g/mol. The minimum absolute atomic E-state index is 0.0351. The maximum Gasteiger partial charge on any atom is 0.168 e. The van der Waals surface area contributed by atoms with E-state index >= 15 is 0 Å². The van der Waals surface area contributed by atoms with E-state index in [0.29, 0.717) is 41.7 Å². The van der Waals surface area contributed by atoms with Crippen molar-refractivity contribution in [1.82, 2.24) is 0 Å². The summed E-state index contributed by atoms with van der Waals surface area (Å²) >= 11 is 0. The number of hydrogen-bond donors (Lipinski definition) is 4. The van der Waals surface area contributed by atoms with Crippen molar-refractivity contribution in [2.45, 2.75) is 6.42 Å². The lowest BCUT2D eigenvalue weighted by molar-refractivity contribution is 0.376. The lowest BCUT2D eigenvalue weighted by atomic mass is 10.3. The molecule has 0 bridgehead atoms. The first kappa shape index (κ1) is 30.1. The topological polar surface area (TPSA) is 118 Å². The summed E-state index contributed by atoms with van der Waals surface area (Å²) in [5.74, 6) is 1.68. The van der Waals surface area contributed by atoms with Gasteiger partial charge in [0.1, 0.15) is 0 Å². The van der Waals surface area contributed by atoms with E-state index in [1.165, 1.54) is 28.4 Å². The van der Waals surface area contributed by atoms with Crippen molar-refractivity contribution < 1.29 is 39.4 Å². The lowest BCUT2D eigenvalue weighted by Gasteiger charge is -2.26. The highest BCUT2D eigenvalue weighted by atomic mass is 31.1. The van der Waals surface area contributed by atoms with Crippen LogP contribution in [0.3, 0.4) is 0 Å². The SMILES string of the molecule is COc1c(O)cccc1P(CCCP(c1cccc(O)c1OC)c1cccc(O)c1OC)c1cccc(O)c1OC. The van der Waals surface area contributed by atoms with E-state index in [1.54, 1.807) is 48.5 Å². The van der Waals surface area contributed by atoms with Crippen LogP contribution in [0, 0.1) is 0 Å². The van der Waals surface area contributed by atoms with Gasteiger partial charge in [0.2, 0.25) is 0 Å². The zero-order chi connectivity index (χ0) is 29.5. The second-order valence-corrected chi connectivity index (χ2v) is 13.5. The summed E-state index contributed by atoms with van der Waals surface area (Å²) in [6, 6.07) is 21.1. The Morgan fingerprint density at radius 3 is 0.902 bits per heavy atom. The molecule has 0 radical (unpaired) electrons. The van der Waals surface area contributed by atoms with Crippen molar-refractivity contribution >= 4 is 37.1 Å². The van der Waals surface area contributed by atoms with Crippen LogP contribution in [0.4, 0.5) is 0 Å². The number of aromatic hydroxyl groups is 4. The Morgan fingerprint density at radius 1 is 0.439 bits per heavy atom. The van der Waals surface area contributed by atoms with Crippen LogP contribution in [0.25, 0.3) is 0 Å². The van der Waals surface area contributed by atoms with Gasteiger partial charge in [-0.2, -0.15) is 0 Å². The zero-order valence-electron chi connectivity index (χ0n) is 23.4. The molecule has 0 saturated carbocycles. The predicted octanol–water partition coefficient (Wildman–Crippen LogP) is 4.50. The summed E-state index contributed by atoms with van der Waals surface area (Å²) in [5, 5.41) is 45.6. The summed E-state index contributed by atoms with van der Waals surface area (Å²) in [7, 11) is 3.76. The van der Waals surface area contributed by atoms with Crippen molar-refractivity contribution in [2.75, 3.05) is 40.8 Å². The normalized spacial score (nSPS) is 11.1. The largest absolute Gasteiger partial charge is 0.504 e. The fraction of sp³-hybridized carbons (Fsp3) is 0.226. The molecule has 0 aliphatic rings. The van der Waals surface area contributed by atoms with Crippen LogP contribution < -0.4 is 40.2 Å². The smallest absolute Gasteiger partial charge is 0.168 e. The van der Waals surface area contributed by atoms with Crippen LogP contribution in [0.5, 0.6) is 46.0 Å². The van der Waals surface area contributed by atoms with Crippen molar-refractivity contribution in [3.05, 3.63) is 72.8 Å². The molecule has 8 nitrogen and oxygen atoms in total. The molecule has 0 aliphatic carbocycles. The van der Waals surface area contributed by atoms with Crippen molar-refractivity contribution in [3.63, 3.8) is 0 Å². The summed E-state index contributed by atoms with van der Waals surface area (Å²) in [6.07, 6.45) is 2.03. The maximum absolute atomic E-state index is 10.6. The summed E-state index contributed by atoms with van der Waals surface area (Å²) in [5.41, 5.74) is 0. The average Bonchev–Trinajstić information content (AvgIpc) is 2.97. The van der Waals surface area contributed by atoms with Gasteiger partial charge < -0.3 is 39.4 Å². The molecule has 216 valence electrons. The molecule has 0 saturated heterocycles. The number of rotatable bonds is 12. The van der Waals surface area contributed by atoms with Gasteiger partial charge in [-0.15, -0.1) is 0 Å². The van der Waals surface area contributed by atoms with Gasteiger partial charge in [0.25, 0.3) is 0 Å². The molecule has 0 unspecified atom stereocenters. The maximum atomic E-state index is 10.6. The Balaban J connectivity index is 1.78. The highest BCUT2D eigenvalue weighted by Crippen LogP contribution is 2.48. The minimum Gasteiger partial charge on any atom is -0.504 e. The van der Waals surface area contributed by atoms with Gasteiger partial charge in [0, 0.05) is 21.2 Å². The van der Waals surface area contributed by atoms with Crippen LogP contribution in [0.2, 0.25) is 0 Å². The highest BCUT2D eigenvalue weighted by molar-refractivity contribution is 7.74. The van der Waals surface area contributed by atoms with E-state index in [9.17, 15) is 20.4 Å². The van der Waals surface area contributed by atoms with Crippen molar-refractivity contribution in [1.29, 1.82) is 0 Å². The third-order valence-electron chi connectivity index (χ3n) is 6.64. The van der Waals surface area contributed by atoms with E-state index in [2.05, 4.69) is 0 Å². The number of phenolic OH excluding ortho intramolecular Hbond substituents is 4. The Bertz CT molecular complexity index is 1280. The molecule has 0 spiro atoms. The van der Waals surface area contributed by atoms with Crippen molar-refractivity contribution in [2.24, 2.45) is 0 Å². The van der Waals surface area contributed by atoms with Gasteiger partial charge in [-0.05, 0) is 58.9 Å². The Hall–Kier alpha value is -3.86. The van der Waals surface area contributed by atoms with Gasteiger partial charge in [-0.1, -0.05) is 48.5 Å². The second kappa shape index (κ2) is 13.7. The van der Waals surface area contributed by atoms with E-state index in [4.69, 9.17) is 18.9 Å². The molecule has 0 fully saturated rings. The minimum atomic E-state index is -1.16. The van der Waals surface area contributed by atoms with E-state index in [1.807, 2.05) is 24.3 Å². The standard InChI is InChI=1S/C31H34O8P2/c1-36-28-20(32)10-5-14-24(28)40(25-15-6-11-21(33)29(25)37-2)18-9-19-41(26-16-7-12-22(34)30(26)38-3)27-17-8-13-23(35)31(27)39-4/h5-8,10-17,32-35H,9,18-19H2,1-4H3. The highest BCUT2D eigenvalue weighted by Gasteiger charge is 2.28. The Morgan fingerprint density at radius 2 is 0.683 bits per heavy atom. The summed E-state index contributed by atoms with van der Waals surface area (Å²) in [4.78, 5) is 0. The fourth-order valence-electron chi connectivity index (χ4n) is 4.87. The number of para-hydroxylation sites is 4. The van der Waals surface area contributed by atoms with Gasteiger partial charge in [0.15, 0.2) is 46.0 Å². The molecule has 0 atom stereocenters. The van der Waals surface area contributed by atoms with Gasteiger partial charge >= 0.3 is 0 Å². The van der Waals surface area contributed by atoms with Gasteiger partial charge in [-0.25, -0.2) is 0 Å². The number of ether oxygens (including phenoxy) is 4. The molecular formula is C31H34O8P2. The van der Waals surface area contributed by atoms with E-state index in [-0.39, 0.29) is 23.0 Å². The molecule has 41 heavy (non-hydrogen) atoms. The number of benzene rings is 4. The average molecular weight is 597 g/mol. The molecule has 0 aliphatic heterocycles. The van der Waals surface area contributed by atoms with Crippen LogP contribution in [-0.2, 0) is 0 Å². The van der Waals surface area contributed by atoms with E-state index < -0.39 is 15.8 Å². The third-order valence-corrected chi connectivity index (χ3v) is 11.9. The molecule has 4 aromatic rings. The summed E-state index contributed by atoms with van der Waals surface area (Å²) in [6.45, 7) is 0. The summed E-state index contributed by atoms with van der Waals surface area (Å²) < 4.78 is 22.5.